The van der Waals surface area contributed by atoms with Crippen molar-refractivity contribution in [3.63, 3.8) is 0 Å². The van der Waals surface area contributed by atoms with E-state index in [9.17, 15) is 13.2 Å². The van der Waals surface area contributed by atoms with Crippen LogP contribution in [0.25, 0.3) is 11.0 Å². The zero-order valence-corrected chi connectivity index (χ0v) is 18.2. The Morgan fingerprint density at radius 2 is 1.83 bits per heavy atom. The fourth-order valence-electron chi connectivity index (χ4n) is 2.98. The fourth-order valence-corrected chi connectivity index (χ4v) is 4.46. The van der Waals surface area contributed by atoms with Crippen LogP contribution in [0.4, 0.5) is 5.69 Å². The summed E-state index contributed by atoms with van der Waals surface area (Å²) in [6, 6.07) is 10.1. The van der Waals surface area contributed by atoms with Crippen LogP contribution in [0, 0.1) is 13.8 Å². The van der Waals surface area contributed by atoms with E-state index in [-0.39, 0.29) is 17.4 Å². The third kappa shape index (κ3) is 4.44. The molecule has 0 saturated heterocycles. The molecule has 30 heavy (non-hydrogen) atoms. The van der Waals surface area contributed by atoms with Crippen molar-refractivity contribution in [2.75, 3.05) is 25.0 Å². The second-order valence-electron chi connectivity index (χ2n) is 6.82. The molecule has 1 amide bonds. The van der Waals surface area contributed by atoms with E-state index in [2.05, 4.69) is 15.6 Å². The Kier molecular flexibility index (Phi) is 6.37. The number of nitrogens with one attached hydrogen (secondary N) is 1. The minimum Gasteiger partial charge on any atom is -0.385 e. The molecule has 10 heteroatoms. The zero-order valence-electron chi connectivity index (χ0n) is 17.4. The first-order chi connectivity index (χ1) is 14.3. The average Bonchev–Trinajstić information content (AvgIpc) is 3.12. The maximum absolute atomic E-state index is 12.8. The molecule has 0 spiro atoms. The largest absolute Gasteiger partial charge is 0.385 e. The third-order valence-electron chi connectivity index (χ3n) is 4.84. The van der Waals surface area contributed by atoms with Gasteiger partial charge in [0.1, 0.15) is 11.0 Å². The lowest BCUT2D eigenvalue weighted by molar-refractivity contribution is -0.121. The SMILES string of the molecule is CCN(CC)S(=O)(=O)c1ccc2nnn(OCC(=O)Nc3ccc(C)c(C)c3)c2c1. The summed E-state index contributed by atoms with van der Waals surface area (Å²) in [6.45, 7) is 7.94. The van der Waals surface area contributed by atoms with Gasteiger partial charge in [-0.3, -0.25) is 4.79 Å². The molecule has 0 radical (unpaired) electrons. The minimum atomic E-state index is -3.64. The van der Waals surface area contributed by atoms with Crippen LogP contribution in [0.2, 0.25) is 0 Å². The van der Waals surface area contributed by atoms with Crippen LogP contribution >= 0.6 is 0 Å². The molecule has 3 rings (SSSR count). The van der Waals surface area contributed by atoms with Crippen molar-refractivity contribution < 1.29 is 18.0 Å². The number of fused-ring (bicyclic) bond motifs is 1. The van der Waals surface area contributed by atoms with Crippen molar-refractivity contribution in [2.24, 2.45) is 0 Å². The van der Waals surface area contributed by atoms with E-state index < -0.39 is 10.0 Å². The Morgan fingerprint density at radius 1 is 1.10 bits per heavy atom. The quantitative estimate of drug-likeness (QED) is 0.586. The van der Waals surface area contributed by atoms with E-state index in [1.54, 1.807) is 19.9 Å². The number of anilines is 1. The molecule has 2 aromatic carbocycles. The molecule has 1 heterocycles. The molecule has 0 fully saturated rings. The van der Waals surface area contributed by atoms with Crippen molar-refractivity contribution in [1.29, 1.82) is 0 Å². The highest BCUT2D eigenvalue weighted by molar-refractivity contribution is 7.89. The maximum Gasteiger partial charge on any atom is 0.265 e. The summed E-state index contributed by atoms with van der Waals surface area (Å²) < 4.78 is 26.9. The zero-order chi connectivity index (χ0) is 21.9. The standard InChI is InChI=1S/C20H25N5O4S/c1-5-24(6-2)30(27,28)17-9-10-18-19(12-17)25(23-22-18)29-13-20(26)21-16-8-7-14(3)15(4)11-16/h7-12H,5-6,13H2,1-4H3,(H,21,26). The lowest BCUT2D eigenvalue weighted by atomic mass is 10.1. The normalized spacial score (nSPS) is 11.8. The number of amides is 1. The van der Waals surface area contributed by atoms with Gasteiger partial charge in [0.2, 0.25) is 10.0 Å². The average molecular weight is 432 g/mol. The van der Waals surface area contributed by atoms with Gasteiger partial charge >= 0.3 is 0 Å². The lowest BCUT2D eigenvalue weighted by Crippen LogP contribution is -2.30. The van der Waals surface area contributed by atoms with Gasteiger partial charge < -0.3 is 10.2 Å². The first kappa shape index (κ1) is 21.7. The summed E-state index contributed by atoms with van der Waals surface area (Å²) in [7, 11) is -3.64. The Morgan fingerprint density at radius 3 is 2.50 bits per heavy atom. The molecule has 1 N–H and O–H groups in total. The molecular weight excluding hydrogens is 406 g/mol. The van der Waals surface area contributed by atoms with Gasteiger partial charge in [0, 0.05) is 18.8 Å². The number of hydrogen-bond acceptors (Lipinski definition) is 6. The van der Waals surface area contributed by atoms with Crippen LogP contribution in [0.15, 0.2) is 41.3 Å². The molecule has 0 atom stereocenters. The van der Waals surface area contributed by atoms with Gasteiger partial charge in [-0.1, -0.05) is 24.8 Å². The summed E-state index contributed by atoms with van der Waals surface area (Å²) in [4.78, 5) is 18.9. The molecule has 0 unspecified atom stereocenters. The molecule has 3 aromatic rings. The van der Waals surface area contributed by atoms with Crippen molar-refractivity contribution in [3.8, 4) is 0 Å². The maximum atomic E-state index is 12.8. The van der Waals surface area contributed by atoms with Crippen molar-refractivity contribution in [1.82, 2.24) is 19.5 Å². The Balaban J connectivity index is 1.76. The van der Waals surface area contributed by atoms with Crippen LogP contribution < -0.4 is 10.2 Å². The number of hydrogen-bond donors (Lipinski definition) is 1. The van der Waals surface area contributed by atoms with E-state index in [0.717, 1.165) is 16.0 Å². The smallest absolute Gasteiger partial charge is 0.265 e. The van der Waals surface area contributed by atoms with Crippen LogP contribution in [0.1, 0.15) is 25.0 Å². The van der Waals surface area contributed by atoms with Crippen LogP contribution in [-0.2, 0) is 14.8 Å². The first-order valence-corrected chi connectivity index (χ1v) is 11.1. The van der Waals surface area contributed by atoms with Crippen molar-refractivity contribution in [2.45, 2.75) is 32.6 Å². The monoisotopic (exact) mass is 431 g/mol. The molecular formula is C20H25N5O4S. The Hall–Kier alpha value is -2.98. The van der Waals surface area contributed by atoms with Crippen LogP contribution in [-0.4, -0.2) is 53.5 Å². The van der Waals surface area contributed by atoms with E-state index >= 15 is 0 Å². The van der Waals surface area contributed by atoms with E-state index in [1.807, 2.05) is 32.0 Å². The predicted octanol–water partition coefficient (Wildman–Crippen LogP) is 2.15. The second kappa shape index (κ2) is 8.80. The Bertz CT molecular complexity index is 1170. The third-order valence-corrected chi connectivity index (χ3v) is 6.88. The number of carbonyl (C=O) groups excluding carboxylic acids is 1. The van der Waals surface area contributed by atoms with Gasteiger partial charge in [-0.15, -0.1) is 5.10 Å². The highest BCUT2D eigenvalue weighted by atomic mass is 32.2. The van der Waals surface area contributed by atoms with Crippen molar-refractivity contribution >= 4 is 32.7 Å². The highest BCUT2D eigenvalue weighted by Crippen LogP contribution is 2.20. The lowest BCUT2D eigenvalue weighted by Gasteiger charge is -2.18. The minimum absolute atomic E-state index is 0.116. The van der Waals surface area contributed by atoms with Gasteiger partial charge in [-0.05, 0) is 60.5 Å². The summed E-state index contributed by atoms with van der Waals surface area (Å²) >= 11 is 0. The number of carbonyl (C=O) groups is 1. The number of rotatable bonds is 8. The number of nitrogens with zero attached hydrogens (tertiary/aromatic N) is 4. The number of aryl methyl sites for hydroxylation is 2. The molecule has 0 aliphatic carbocycles. The topological polar surface area (TPSA) is 106 Å². The number of aromatic nitrogens is 3. The van der Waals surface area contributed by atoms with Gasteiger partial charge in [0.25, 0.3) is 5.91 Å². The van der Waals surface area contributed by atoms with Gasteiger partial charge in [-0.2, -0.15) is 4.31 Å². The summed E-state index contributed by atoms with van der Waals surface area (Å²) in [5.74, 6) is -0.367. The molecule has 0 bridgehead atoms. The van der Waals surface area contributed by atoms with Gasteiger partial charge in [0.05, 0.1) is 4.90 Å². The summed E-state index contributed by atoms with van der Waals surface area (Å²) in [5.41, 5.74) is 3.69. The molecule has 0 saturated carbocycles. The molecule has 9 nitrogen and oxygen atoms in total. The van der Waals surface area contributed by atoms with E-state index in [1.165, 1.54) is 16.4 Å². The summed E-state index contributed by atoms with van der Waals surface area (Å²) in [5, 5.41) is 10.6. The van der Waals surface area contributed by atoms with E-state index in [0.29, 0.717) is 29.8 Å². The molecule has 1 aromatic heterocycles. The first-order valence-electron chi connectivity index (χ1n) is 9.62. The van der Waals surface area contributed by atoms with E-state index in [4.69, 9.17) is 4.84 Å². The highest BCUT2D eigenvalue weighted by Gasteiger charge is 2.23. The predicted molar refractivity (Wildman–Crippen MR) is 114 cm³/mol. The van der Waals surface area contributed by atoms with Gasteiger partial charge in [0.15, 0.2) is 6.61 Å². The molecule has 160 valence electrons. The van der Waals surface area contributed by atoms with Gasteiger partial charge in [-0.25, -0.2) is 8.42 Å². The molecule has 0 aliphatic rings. The Labute approximate surface area is 175 Å². The van der Waals surface area contributed by atoms with Crippen LogP contribution in [0.3, 0.4) is 0 Å². The fraction of sp³-hybridized carbons (Fsp3) is 0.350. The summed E-state index contributed by atoms with van der Waals surface area (Å²) in [6.07, 6.45) is 0. The number of sulfonamides is 1. The van der Waals surface area contributed by atoms with Crippen molar-refractivity contribution in [3.05, 3.63) is 47.5 Å². The number of benzene rings is 2. The molecule has 0 aliphatic heterocycles. The second-order valence-corrected chi connectivity index (χ2v) is 8.76. The van der Waals surface area contributed by atoms with Crippen LogP contribution in [0.5, 0.6) is 0 Å².